The molecule has 0 spiro atoms. The first kappa shape index (κ1) is 21.4. The topological polar surface area (TPSA) is 56.4 Å². The summed E-state index contributed by atoms with van der Waals surface area (Å²) in [5, 5.41) is 3.54. The van der Waals surface area contributed by atoms with E-state index in [1.807, 2.05) is 19.1 Å². The van der Waals surface area contributed by atoms with Gasteiger partial charge in [-0.25, -0.2) is 0 Å². The van der Waals surface area contributed by atoms with E-state index in [1.165, 1.54) is 10.5 Å². The SMILES string of the molecule is COc1ccc(C[NH+]2CC[NH+]([C@@H](C)C(=O)Nc3cc(Cl)ccc3OC)CC2)cc1. The minimum absolute atomic E-state index is 0.0147. The quantitative estimate of drug-likeness (QED) is 0.618. The molecule has 3 N–H and O–H groups in total. The summed E-state index contributed by atoms with van der Waals surface area (Å²) in [6, 6.07) is 13.4. The zero-order valence-electron chi connectivity index (χ0n) is 17.3. The lowest BCUT2D eigenvalue weighted by atomic mass is 10.1. The van der Waals surface area contributed by atoms with Gasteiger partial charge in [-0.3, -0.25) is 4.79 Å². The number of hydrogen-bond donors (Lipinski definition) is 3. The van der Waals surface area contributed by atoms with E-state index in [4.69, 9.17) is 21.1 Å². The zero-order chi connectivity index (χ0) is 20.8. The van der Waals surface area contributed by atoms with Gasteiger partial charge in [-0.2, -0.15) is 0 Å². The van der Waals surface area contributed by atoms with Gasteiger partial charge in [-0.15, -0.1) is 0 Å². The summed E-state index contributed by atoms with van der Waals surface area (Å²) < 4.78 is 10.5. The van der Waals surface area contributed by atoms with Crippen molar-refractivity contribution in [2.45, 2.75) is 19.5 Å². The van der Waals surface area contributed by atoms with Crippen molar-refractivity contribution in [1.82, 2.24) is 0 Å². The second-order valence-corrected chi connectivity index (χ2v) is 7.93. The summed E-state index contributed by atoms with van der Waals surface area (Å²) in [5.74, 6) is 1.48. The van der Waals surface area contributed by atoms with Gasteiger partial charge in [-0.05, 0) is 49.4 Å². The average Bonchev–Trinajstić information content (AvgIpc) is 2.74. The molecule has 0 radical (unpaired) electrons. The van der Waals surface area contributed by atoms with Crippen LogP contribution in [0.2, 0.25) is 5.02 Å². The van der Waals surface area contributed by atoms with E-state index in [1.54, 1.807) is 37.3 Å². The first-order valence-electron chi connectivity index (χ1n) is 9.95. The van der Waals surface area contributed by atoms with Gasteiger partial charge in [0.05, 0.1) is 19.9 Å². The fourth-order valence-electron chi connectivity index (χ4n) is 3.77. The van der Waals surface area contributed by atoms with Gasteiger partial charge in [-0.1, -0.05) is 11.6 Å². The monoisotopic (exact) mass is 419 g/mol. The molecule has 1 heterocycles. The van der Waals surface area contributed by atoms with Crippen molar-refractivity contribution in [2.75, 3.05) is 45.7 Å². The second kappa shape index (κ2) is 9.96. The number of rotatable bonds is 7. The number of amides is 1. The molecule has 1 aliphatic heterocycles. The lowest BCUT2D eigenvalue weighted by Crippen LogP contribution is -3.29. The molecule has 3 rings (SSSR count). The largest absolute Gasteiger partial charge is 0.497 e. The third-order valence-electron chi connectivity index (χ3n) is 5.64. The summed E-state index contributed by atoms with van der Waals surface area (Å²) in [7, 11) is 3.26. The van der Waals surface area contributed by atoms with Crippen LogP contribution in [0, 0.1) is 0 Å². The van der Waals surface area contributed by atoms with E-state index in [-0.39, 0.29) is 11.9 Å². The molecule has 0 aromatic heterocycles. The molecule has 0 aliphatic carbocycles. The predicted octanol–water partition coefficient (Wildman–Crippen LogP) is 0.668. The Balaban J connectivity index is 1.52. The highest BCUT2D eigenvalue weighted by atomic mass is 35.5. The van der Waals surface area contributed by atoms with E-state index in [0.29, 0.717) is 16.5 Å². The van der Waals surface area contributed by atoms with Crippen LogP contribution in [-0.4, -0.2) is 52.3 Å². The van der Waals surface area contributed by atoms with Gasteiger partial charge in [0.2, 0.25) is 0 Å². The normalized spacial score (nSPS) is 20.0. The van der Waals surface area contributed by atoms with Gasteiger partial charge in [0.25, 0.3) is 5.91 Å². The molecule has 1 amide bonds. The molecule has 1 atom stereocenters. The van der Waals surface area contributed by atoms with E-state index in [0.717, 1.165) is 38.5 Å². The molecule has 6 nitrogen and oxygen atoms in total. The van der Waals surface area contributed by atoms with Crippen molar-refractivity contribution in [3.05, 3.63) is 53.1 Å². The molecular weight excluding hydrogens is 390 g/mol. The number of hydrogen-bond acceptors (Lipinski definition) is 3. The molecule has 156 valence electrons. The summed E-state index contributed by atoms with van der Waals surface area (Å²) in [5.41, 5.74) is 1.92. The summed E-state index contributed by atoms with van der Waals surface area (Å²) in [4.78, 5) is 15.6. The van der Waals surface area contributed by atoms with Crippen LogP contribution in [0.3, 0.4) is 0 Å². The van der Waals surface area contributed by atoms with E-state index in [9.17, 15) is 4.79 Å². The molecule has 29 heavy (non-hydrogen) atoms. The summed E-state index contributed by atoms with van der Waals surface area (Å²) >= 11 is 6.06. The Bertz CT molecular complexity index is 821. The minimum Gasteiger partial charge on any atom is -0.497 e. The number of quaternary nitrogens is 2. The third-order valence-corrected chi connectivity index (χ3v) is 5.87. The van der Waals surface area contributed by atoms with Crippen molar-refractivity contribution >= 4 is 23.2 Å². The highest BCUT2D eigenvalue weighted by Crippen LogP contribution is 2.27. The number of halogens is 1. The standard InChI is InChI=1S/C22H28ClN3O3/c1-16(22(27)24-20-14-18(23)6-9-21(20)29-3)26-12-10-25(11-13-26)15-17-4-7-19(28-2)8-5-17/h4-9,14,16H,10-13,15H2,1-3H3,(H,24,27)/p+2/t16-/m0/s1. The number of benzene rings is 2. The fourth-order valence-corrected chi connectivity index (χ4v) is 3.94. The summed E-state index contributed by atoms with van der Waals surface area (Å²) in [6.07, 6.45) is 0. The third kappa shape index (κ3) is 5.63. The number of carbonyl (C=O) groups is 1. The van der Waals surface area contributed by atoms with Crippen LogP contribution in [0.25, 0.3) is 0 Å². The van der Waals surface area contributed by atoms with Crippen LogP contribution < -0.4 is 24.6 Å². The lowest BCUT2D eigenvalue weighted by molar-refractivity contribution is -1.02. The minimum atomic E-state index is -0.138. The first-order valence-corrected chi connectivity index (χ1v) is 10.3. The molecule has 7 heteroatoms. The Kier molecular flexibility index (Phi) is 7.36. The lowest BCUT2D eigenvalue weighted by Gasteiger charge is -2.32. The molecule has 1 fully saturated rings. The fraction of sp³-hybridized carbons (Fsp3) is 0.409. The highest BCUT2D eigenvalue weighted by molar-refractivity contribution is 6.31. The molecule has 1 aliphatic rings. The highest BCUT2D eigenvalue weighted by Gasteiger charge is 2.31. The van der Waals surface area contributed by atoms with Gasteiger partial charge in [0.15, 0.2) is 6.04 Å². The second-order valence-electron chi connectivity index (χ2n) is 7.49. The van der Waals surface area contributed by atoms with E-state index in [2.05, 4.69) is 17.4 Å². The Morgan fingerprint density at radius 2 is 1.76 bits per heavy atom. The van der Waals surface area contributed by atoms with Crippen LogP contribution >= 0.6 is 11.6 Å². The average molecular weight is 420 g/mol. The van der Waals surface area contributed by atoms with Gasteiger partial charge in [0.1, 0.15) is 44.2 Å². The maximum absolute atomic E-state index is 12.8. The van der Waals surface area contributed by atoms with Crippen molar-refractivity contribution < 1.29 is 24.1 Å². The Morgan fingerprint density at radius 1 is 1.07 bits per heavy atom. The van der Waals surface area contributed by atoms with E-state index < -0.39 is 0 Å². The zero-order valence-corrected chi connectivity index (χ0v) is 18.0. The van der Waals surface area contributed by atoms with Crippen molar-refractivity contribution in [3.63, 3.8) is 0 Å². The number of carbonyl (C=O) groups excluding carboxylic acids is 1. The van der Waals surface area contributed by atoms with Crippen LogP contribution in [0.1, 0.15) is 12.5 Å². The molecule has 0 unspecified atom stereocenters. The smallest absolute Gasteiger partial charge is 0.282 e. The van der Waals surface area contributed by atoms with Crippen molar-refractivity contribution in [2.24, 2.45) is 0 Å². The molecule has 2 aromatic carbocycles. The van der Waals surface area contributed by atoms with Crippen molar-refractivity contribution in [3.8, 4) is 11.5 Å². The molecule has 2 aromatic rings. The van der Waals surface area contributed by atoms with Crippen LogP contribution in [0.15, 0.2) is 42.5 Å². The maximum Gasteiger partial charge on any atom is 0.282 e. The Hall–Kier alpha value is -2.28. The van der Waals surface area contributed by atoms with Crippen molar-refractivity contribution in [1.29, 1.82) is 0 Å². The molecule has 1 saturated heterocycles. The van der Waals surface area contributed by atoms with Gasteiger partial charge in [0, 0.05) is 10.6 Å². The van der Waals surface area contributed by atoms with Gasteiger partial charge >= 0.3 is 0 Å². The maximum atomic E-state index is 12.8. The van der Waals surface area contributed by atoms with Crippen LogP contribution in [0.4, 0.5) is 5.69 Å². The Morgan fingerprint density at radius 3 is 2.38 bits per heavy atom. The number of ether oxygens (including phenoxy) is 2. The molecule has 0 saturated carbocycles. The molecular formula is C22H30ClN3O3+2. The Labute approximate surface area is 177 Å². The number of nitrogens with one attached hydrogen (secondary N) is 3. The van der Waals surface area contributed by atoms with Gasteiger partial charge < -0.3 is 24.6 Å². The number of methoxy groups -OCH3 is 2. The predicted molar refractivity (Wildman–Crippen MR) is 114 cm³/mol. The van der Waals surface area contributed by atoms with Crippen LogP contribution in [0.5, 0.6) is 11.5 Å². The van der Waals surface area contributed by atoms with Crippen LogP contribution in [-0.2, 0) is 11.3 Å². The number of piperazine rings is 1. The summed E-state index contributed by atoms with van der Waals surface area (Å²) in [6.45, 7) is 6.99. The van der Waals surface area contributed by atoms with E-state index >= 15 is 0 Å². The molecule has 0 bridgehead atoms. The number of anilines is 1. The first-order chi connectivity index (χ1) is 14.0.